The van der Waals surface area contributed by atoms with Gasteiger partial charge in [-0.3, -0.25) is 0 Å². The molecule has 0 saturated heterocycles. The smallest absolute Gasteiger partial charge is 0.164 e. The molecule has 0 aliphatic heterocycles. The van der Waals surface area contributed by atoms with Gasteiger partial charge >= 0.3 is 0 Å². The van der Waals surface area contributed by atoms with E-state index in [4.69, 9.17) is 4.74 Å². The third kappa shape index (κ3) is 3.49. The fourth-order valence-corrected chi connectivity index (χ4v) is 2.09. The lowest BCUT2D eigenvalue weighted by molar-refractivity contribution is 0.179. The van der Waals surface area contributed by atoms with E-state index in [1.807, 2.05) is 12.1 Å². The molecule has 2 rings (SSSR count). The van der Waals surface area contributed by atoms with Gasteiger partial charge in [0.2, 0.25) is 0 Å². The SMILES string of the molecule is COc1cccc(N(C)CC(O)c2cccc(F)c2F)c1. The first-order valence-corrected chi connectivity index (χ1v) is 6.50. The Morgan fingerprint density at radius 1 is 1.19 bits per heavy atom. The molecule has 0 aliphatic rings. The number of aliphatic hydroxyl groups is 1. The fourth-order valence-electron chi connectivity index (χ4n) is 2.09. The highest BCUT2D eigenvalue weighted by atomic mass is 19.2. The second kappa shape index (κ2) is 6.54. The van der Waals surface area contributed by atoms with E-state index in [9.17, 15) is 13.9 Å². The Hall–Kier alpha value is -2.14. The summed E-state index contributed by atoms with van der Waals surface area (Å²) in [7, 11) is 3.32. The molecule has 0 spiro atoms. The van der Waals surface area contributed by atoms with Gasteiger partial charge in [-0.25, -0.2) is 8.78 Å². The Morgan fingerprint density at radius 2 is 1.90 bits per heavy atom. The van der Waals surface area contributed by atoms with Gasteiger partial charge in [-0.1, -0.05) is 18.2 Å². The molecule has 1 N–H and O–H groups in total. The van der Waals surface area contributed by atoms with Crippen LogP contribution in [0.3, 0.4) is 0 Å². The van der Waals surface area contributed by atoms with Crippen LogP contribution in [0.15, 0.2) is 42.5 Å². The van der Waals surface area contributed by atoms with Gasteiger partial charge in [0.25, 0.3) is 0 Å². The summed E-state index contributed by atoms with van der Waals surface area (Å²) in [5.41, 5.74) is 0.759. The van der Waals surface area contributed by atoms with E-state index < -0.39 is 17.7 Å². The van der Waals surface area contributed by atoms with Crippen molar-refractivity contribution in [3.63, 3.8) is 0 Å². The van der Waals surface area contributed by atoms with Crippen molar-refractivity contribution in [2.45, 2.75) is 6.10 Å². The topological polar surface area (TPSA) is 32.7 Å². The summed E-state index contributed by atoms with van der Waals surface area (Å²) in [6, 6.07) is 11.0. The monoisotopic (exact) mass is 293 g/mol. The van der Waals surface area contributed by atoms with E-state index in [1.54, 1.807) is 31.2 Å². The molecule has 0 aliphatic carbocycles. The molecule has 0 radical (unpaired) electrons. The van der Waals surface area contributed by atoms with Crippen molar-refractivity contribution in [3.05, 3.63) is 59.7 Å². The number of halogens is 2. The molecule has 0 saturated carbocycles. The van der Waals surface area contributed by atoms with Crippen LogP contribution in [0.1, 0.15) is 11.7 Å². The van der Waals surface area contributed by atoms with Crippen molar-refractivity contribution in [1.82, 2.24) is 0 Å². The van der Waals surface area contributed by atoms with E-state index >= 15 is 0 Å². The number of hydrogen-bond donors (Lipinski definition) is 1. The molecule has 0 fully saturated rings. The number of aliphatic hydroxyl groups excluding tert-OH is 1. The van der Waals surface area contributed by atoms with Gasteiger partial charge in [0, 0.05) is 30.9 Å². The maximum Gasteiger partial charge on any atom is 0.164 e. The van der Waals surface area contributed by atoms with Crippen molar-refractivity contribution >= 4 is 5.69 Å². The number of anilines is 1. The number of likely N-dealkylation sites (N-methyl/N-ethyl adjacent to an activating group) is 1. The Balaban J connectivity index is 2.14. The van der Waals surface area contributed by atoms with Crippen molar-refractivity contribution in [1.29, 1.82) is 0 Å². The number of benzene rings is 2. The summed E-state index contributed by atoms with van der Waals surface area (Å²) >= 11 is 0. The minimum Gasteiger partial charge on any atom is -0.497 e. The second-order valence-electron chi connectivity index (χ2n) is 4.74. The lowest BCUT2D eigenvalue weighted by atomic mass is 10.1. The molecule has 21 heavy (non-hydrogen) atoms. The number of hydrogen-bond acceptors (Lipinski definition) is 3. The van der Waals surface area contributed by atoms with Crippen LogP contribution in [0.25, 0.3) is 0 Å². The summed E-state index contributed by atoms with van der Waals surface area (Å²) in [4.78, 5) is 1.75. The standard InChI is InChI=1S/C16H17F2NO2/c1-19(11-5-3-6-12(9-11)21-2)10-15(20)13-7-4-8-14(17)16(13)18/h3-9,15,20H,10H2,1-2H3. The van der Waals surface area contributed by atoms with Crippen LogP contribution in [-0.4, -0.2) is 25.8 Å². The Labute approximate surface area is 122 Å². The first-order chi connectivity index (χ1) is 10.0. The maximum absolute atomic E-state index is 13.7. The zero-order valence-corrected chi connectivity index (χ0v) is 11.9. The summed E-state index contributed by atoms with van der Waals surface area (Å²) in [6.45, 7) is 0.132. The van der Waals surface area contributed by atoms with Crippen LogP contribution in [0, 0.1) is 11.6 Å². The summed E-state index contributed by atoms with van der Waals surface area (Å²) < 4.78 is 32.0. The lowest BCUT2D eigenvalue weighted by Crippen LogP contribution is -2.24. The molecule has 0 amide bonds. The predicted molar refractivity (Wildman–Crippen MR) is 77.6 cm³/mol. The van der Waals surface area contributed by atoms with Crippen LogP contribution in [-0.2, 0) is 0 Å². The van der Waals surface area contributed by atoms with Crippen LogP contribution < -0.4 is 9.64 Å². The van der Waals surface area contributed by atoms with E-state index in [-0.39, 0.29) is 12.1 Å². The molecule has 0 aromatic heterocycles. The molecular weight excluding hydrogens is 276 g/mol. The van der Waals surface area contributed by atoms with Crippen LogP contribution >= 0.6 is 0 Å². The van der Waals surface area contributed by atoms with Crippen molar-refractivity contribution in [3.8, 4) is 5.75 Å². The van der Waals surface area contributed by atoms with Crippen LogP contribution in [0.4, 0.5) is 14.5 Å². The molecule has 2 aromatic carbocycles. The summed E-state index contributed by atoms with van der Waals surface area (Å²) in [5.74, 6) is -1.29. The lowest BCUT2D eigenvalue weighted by Gasteiger charge is -2.23. The van der Waals surface area contributed by atoms with Crippen LogP contribution in [0.5, 0.6) is 5.75 Å². The molecule has 1 unspecified atom stereocenters. The highest BCUT2D eigenvalue weighted by molar-refractivity contribution is 5.50. The molecular formula is C16H17F2NO2. The summed E-state index contributed by atoms with van der Waals surface area (Å²) in [6.07, 6.45) is -1.13. The zero-order chi connectivity index (χ0) is 15.4. The van der Waals surface area contributed by atoms with Gasteiger partial charge in [-0.2, -0.15) is 0 Å². The Kier molecular flexibility index (Phi) is 4.75. The van der Waals surface area contributed by atoms with E-state index in [0.717, 1.165) is 11.8 Å². The van der Waals surface area contributed by atoms with Gasteiger partial charge < -0.3 is 14.7 Å². The predicted octanol–water partition coefficient (Wildman–Crippen LogP) is 3.14. The molecule has 0 bridgehead atoms. The fraction of sp³-hybridized carbons (Fsp3) is 0.250. The quantitative estimate of drug-likeness (QED) is 0.919. The van der Waals surface area contributed by atoms with Crippen molar-refractivity contribution in [2.24, 2.45) is 0 Å². The highest BCUT2D eigenvalue weighted by Crippen LogP contribution is 2.24. The number of methoxy groups -OCH3 is 1. The average molecular weight is 293 g/mol. The minimum atomic E-state index is -1.13. The molecule has 112 valence electrons. The number of rotatable bonds is 5. The van der Waals surface area contributed by atoms with Crippen LogP contribution in [0.2, 0.25) is 0 Å². The van der Waals surface area contributed by atoms with Gasteiger partial charge in [0.1, 0.15) is 5.75 Å². The molecule has 5 heteroatoms. The minimum absolute atomic E-state index is 0.0512. The van der Waals surface area contributed by atoms with E-state index in [2.05, 4.69) is 0 Å². The molecule has 2 aromatic rings. The zero-order valence-electron chi connectivity index (χ0n) is 11.9. The first-order valence-electron chi connectivity index (χ1n) is 6.50. The average Bonchev–Trinajstić information content (AvgIpc) is 2.49. The third-order valence-electron chi connectivity index (χ3n) is 3.28. The molecule has 3 nitrogen and oxygen atoms in total. The second-order valence-corrected chi connectivity index (χ2v) is 4.74. The van der Waals surface area contributed by atoms with Gasteiger partial charge in [0.15, 0.2) is 11.6 Å². The highest BCUT2D eigenvalue weighted by Gasteiger charge is 2.17. The van der Waals surface area contributed by atoms with Crippen molar-refractivity contribution in [2.75, 3.05) is 25.6 Å². The largest absolute Gasteiger partial charge is 0.497 e. The Bertz CT molecular complexity index is 619. The molecule has 0 heterocycles. The number of ether oxygens (including phenoxy) is 1. The normalized spacial score (nSPS) is 12.0. The molecule has 1 atom stereocenters. The summed E-state index contributed by atoms with van der Waals surface area (Å²) in [5, 5.41) is 10.1. The first kappa shape index (κ1) is 15.3. The van der Waals surface area contributed by atoms with Gasteiger partial charge in [-0.15, -0.1) is 0 Å². The maximum atomic E-state index is 13.7. The van der Waals surface area contributed by atoms with Gasteiger partial charge in [0.05, 0.1) is 13.2 Å². The Morgan fingerprint density at radius 3 is 2.62 bits per heavy atom. The number of nitrogens with zero attached hydrogens (tertiary/aromatic N) is 1. The van der Waals surface area contributed by atoms with Gasteiger partial charge in [-0.05, 0) is 18.2 Å². The third-order valence-corrected chi connectivity index (χ3v) is 3.28. The van der Waals surface area contributed by atoms with E-state index in [0.29, 0.717) is 5.75 Å². The van der Waals surface area contributed by atoms with E-state index in [1.165, 1.54) is 12.1 Å². The van der Waals surface area contributed by atoms with Crippen molar-refractivity contribution < 1.29 is 18.6 Å².